The Morgan fingerprint density at radius 1 is 1.06 bits per heavy atom. The molecule has 1 atom stereocenters. The number of fused-ring (bicyclic) bond motifs is 1. The van der Waals surface area contributed by atoms with Crippen molar-refractivity contribution in [2.24, 2.45) is 0 Å². The number of pyridine rings is 1. The molecule has 0 radical (unpaired) electrons. The second-order valence-corrected chi connectivity index (χ2v) is 7.51. The van der Waals surface area contributed by atoms with Crippen LogP contribution in [0.15, 0.2) is 71.3 Å². The number of oxazole rings is 1. The van der Waals surface area contributed by atoms with Gasteiger partial charge in [0.15, 0.2) is 5.58 Å². The van der Waals surface area contributed by atoms with Gasteiger partial charge in [0.05, 0.1) is 24.7 Å². The fraction of sp³-hybridized carbons (Fsp3) is 0.167. The molecule has 0 unspecified atom stereocenters. The molecule has 2 aromatic heterocycles. The molecule has 0 aliphatic rings. The van der Waals surface area contributed by atoms with Crippen LogP contribution in [-0.2, 0) is 16.0 Å². The third-order valence-electron chi connectivity index (χ3n) is 4.90. The number of carbonyl (C=O) groups excluding carboxylic acids is 1. The lowest BCUT2D eigenvalue weighted by Crippen LogP contribution is -2.14. The molecule has 0 saturated carbocycles. The van der Waals surface area contributed by atoms with Crippen molar-refractivity contribution in [1.82, 2.24) is 9.97 Å². The Hall–Kier alpha value is -4.20. The van der Waals surface area contributed by atoms with Crippen LogP contribution in [0.2, 0.25) is 0 Å². The van der Waals surface area contributed by atoms with Gasteiger partial charge >= 0.3 is 5.97 Å². The molecule has 0 aliphatic carbocycles. The van der Waals surface area contributed by atoms with E-state index in [1.807, 2.05) is 42.5 Å². The predicted octanol–water partition coefficient (Wildman–Crippen LogP) is 4.73. The van der Waals surface area contributed by atoms with E-state index in [1.54, 1.807) is 25.1 Å². The summed E-state index contributed by atoms with van der Waals surface area (Å²) in [6, 6.07) is 18.9. The van der Waals surface area contributed by atoms with Crippen molar-refractivity contribution in [1.29, 1.82) is 0 Å². The number of para-hydroxylation sites is 1. The van der Waals surface area contributed by atoms with Gasteiger partial charge in [-0.1, -0.05) is 31.2 Å². The molecular weight excluding hydrogens is 408 g/mol. The lowest BCUT2D eigenvalue weighted by molar-refractivity contribution is -0.137. The summed E-state index contributed by atoms with van der Waals surface area (Å²) in [5.74, 6) is -1.27. The Morgan fingerprint density at radius 2 is 1.88 bits per heavy atom. The highest BCUT2D eigenvalue weighted by Crippen LogP contribution is 2.23. The van der Waals surface area contributed by atoms with Gasteiger partial charge in [0.25, 0.3) is 6.01 Å². The van der Waals surface area contributed by atoms with E-state index >= 15 is 0 Å². The molecule has 0 bridgehead atoms. The highest BCUT2D eigenvalue weighted by atomic mass is 16.4. The Balaban J connectivity index is 1.38. The highest BCUT2D eigenvalue weighted by molar-refractivity contribution is 5.92. The minimum Gasteiger partial charge on any atom is -0.481 e. The molecule has 0 fully saturated rings. The number of aliphatic carboxylic acids is 1. The number of benzene rings is 2. The quantitative estimate of drug-likeness (QED) is 0.370. The number of aromatic nitrogens is 2. The number of amides is 1. The number of hydrogen-bond acceptors (Lipinski definition) is 6. The van der Waals surface area contributed by atoms with Crippen LogP contribution in [0.25, 0.3) is 11.1 Å². The smallest absolute Gasteiger partial charge is 0.304 e. The van der Waals surface area contributed by atoms with E-state index < -0.39 is 5.97 Å². The highest BCUT2D eigenvalue weighted by Gasteiger charge is 2.13. The molecule has 0 spiro atoms. The SMILES string of the molecule is C[C@@H](CC(=O)O)c1ccc(NC(=O)Cc2ccc3nc(Nc4ccccc4)oc3c2)cn1. The third kappa shape index (κ3) is 5.28. The first-order valence-electron chi connectivity index (χ1n) is 10.2. The number of nitrogens with one attached hydrogen (secondary N) is 2. The molecule has 2 heterocycles. The Morgan fingerprint density at radius 3 is 2.59 bits per heavy atom. The minimum atomic E-state index is -0.872. The summed E-state index contributed by atoms with van der Waals surface area (Å²) in [5.41, 5.74) is 4.17. The first-order valence-corrected chi connectivity index (χ1v) is 10.2. The zero-order chi connectivity index (χ0) is 22.5. The number of anilines is 3. The van der Waals surface area contributed by atoms with E-state index in [4.69, 9.17) is 9.52 Å². The van der Waals surface area contributed by atoms with Gasteiger partial charge in [-0.3, -0.25) is 14.6 Å². The number of carboxylic acid groups (broad SMARTS) is 1. The van der Waals surface area contributed by atoms with Crippen LogP contribution < -0.4 is 10.6 Å². The molecule has 3 N–H and O–H groups in total. The van der Waals surface area contributed by atoms with E-state index in [2.05, 4.69) is 20.6 Å². The predicted molar refractivity (Wildman–Crippen MR) is 121 cm³/mol. The molecule has 8 heteroatoms. The standard InChI is InChI=1S/C24H22N4O4/c1-15(11-23(30)31)19-10-8-18(14-25-19)26-22(29)13-16-7-9-20-21(12-16)32-24(28-20)27-17-5-3-2-4-6-17/h2-10,12,14-15H,11,13H2,1H3,(H,26,29)(H,27,28)(H,30,31)/t15-/m0/s1. The lowest BCUT2D eigenvalue weighted by Gasteiger charge is -2.10. The summed E-state index contributed by atoms with van der Waals surface area (Å²) < 4.78 is 5.77. The fourth-order valence-corrected chi connectivity index (χ4v) is 3.31. The van der Waals surface area contributed by atoms with Gasteiger partial charge in [-0.2, -0.15) is 4.98 Å². The topological polar surface area (TPSA) is 117 Å². The summed E-state index contributed by atoms with van der Waals surface area (Å²) >= 11 is 0. The molecular formula is C24H22N4O4. The minimum absolute atomic E-state index is 0.00536. The van der Waals surface area contributed by atoms with Gasteiger partial charge in [0.1, 0.15) is 5.52 Å². The van der Waals surface area contributed by atoms with Crippen molar-refractivity contribution < 1.29 is 19.1 Å². The van der Waals surface area contributed by atoms with Gasteiger partial charge in [0.2, 0.25) is 5.91 Å². The van der Waals surface area contributed by atoms with Crippen molar-refractivity contribution in [2.45, 2.75) is 25.7 Å². The normalized spacial score (nSPS) is 11.8. The van der Waals surface area contributed by atoms with Crippen LogP contribution in [0.3, 0.4) is 0 Å². The average molecular weight is 430 g/mol. The van der Waals surface area contributed by atoms with Crippen LogP contribution in [0.4, 0.5) is 17.4 Å². The first-order chi connectivity index (χ1) is 15.5. The van der Waals surface area contributed by atoms with Crippen LogP contribution in [-0.4, -0.2) is 27.0 Å². The van der Waals surface area contributed by atoms with Crippen molar-refractivity contribution in [3.63, 3.8) is 0 Å². The largest absolute Gasteiger partial charge is 0.481 e. The molecule has 4 rings (SSSR count). The monoisotopic (exact) mass is 430 g/mol. The first kappa shape index (κ1) is 21.0. The van der Waals surface area contributed by atoms with Crippen molar-refractivity contribution in [3.8, 4) is 0 Å². The van der Waals surface area contributed by atoms with Crippen LogP contribution in [0.5, 0.6) is 0 Å². The summed E-state index contributed by atoms with van der Waals surface area (Å²) in [5, 5.41) is 14.8. The van der Waals surface area contributed by atoms with Gasteiger partial charge in [-0.15, -0.1) is 0 Å². The third-order valence-corrected chi connectivity index (χ3v) is 4.90. The van der Waals surface area contributed by atoms with E-state index in [9.17, 15) is 9.59 Å². The van der Waals surface area contributed by atoms with Gasteiger partial charge < -0.3 is 20.2 Å². The Bertz CT molecular complexity index is 1240. The van der Waals surface area contributed by atoms with Crippen molar-refractivity contribution >= 4 is 40.4 Å². The molecule has 4 aromatic rings. The van der Waals surface area contributed by atoms with Crippen LogP contribution in [0.1, 0.15) is 30.5 Å². The number of carbonyl (C=O) groups is 2. The Labute approximate surface area is 184 Å². The summed E-state index contributed by atoms with van der Waals surface area (Å²) in [6.07, 6.45) is 1.70. The second kappa shape index (κ2) is 9.30. The maximum absolute atomic E-state index is 12.5. The number of carboxylic acids is 1. The molecule has 162 valence electrons. The molecule has 0 saturated heterocycles. The maximum Gasteiger partial charge on any atom is 0.304 e. The van der Waals surface area contributed by atoms with Gasteiger partial charge in [-0.05, 0) is 42.0 Å². The van der Waals surface area contributed by atoms with E-state index in [0.717, 1.165) is 11.3 Å². The van der Waals surface area contributed by atoms with Crippen LogP contribution >= 0.6 is 0 Å². The molecule has 32 heavy (non-hydrogen) atoms. The summed E-state index contributed by atoms with van der Waals surface area (Å²) in [6.45, 7) is 1.80. The maximum atomic E-state index is 12.5. The summed E-state index contributed by atoms with van der Waals surface area (Å²) in [7, 11) is 0. The molecule has 0 aliphatic heterocycles. The van der Waals surface area contributed by atoms with E-state index in [-0.39, 0.29) is 24.7 Å². The zero-order valence-corrected chi connectivity index (χ0v) is 17.4. The molecule has 8 nitrogen and oxygen atoms in total. The average Bonchev–Trinajstić information content (AvgIpc) is 3.16. The second-order valence-electron chi connectivity index (χ2n) is 7.51. The van der Waals surface area contributed by atoms with Crippen molar-refractivity contribution in [2.75, 3.05) is 10.6 Å². The molecule has 1 amide bonds. The number of rotatable bonds is 8. The van der Waals surface area contributed by atoms with E-state index in [0.29, 0.717) is 28.5 Å². The number of nitrogens with zero attached hydrogens (tertiary/aromatic N) is 2. The van der Waals surface area contributed by atoms with Gasteiger partial charge in [-0.25, -0.2) is 0 Å². The van der Waals surface area contributed by atoms with Crippen LogP contribution in [0, 0.1) is 0 Å². The van der Waals surface area contributed by atoms with E-state index in [1.165, 1.54) is 6.20 Å². The zero-order valence-electron chi connectivity index (χ0n) is 17.4. The van der Waals surface area contributed by atoms with Crippen molar-refractivity contribution in [3.05, 3.63) is 78.1 Å². The van der Waals surface area contributed by atoms with Gasteiger partial charge in [0, 0.05) is 17.3 Å². The lowest BCUT2D eigenvalue weighted by atomic mass is 10.0. The Kier molecular flexibility index (Phi) is 6.12. The fourth-order valence-electron chi connectivity index (χ4n) is 3.31. The summed E-state index contributed by atoms with van der Waals surface area (Å²) in [4.78, 5) is 32.0. The molecule has 2 aromatic carbocycles. The number of hydrogen-bond donors (Lipinski definition) is 3.